The van der Waals surface area contributed by atoms with Crippen LogP contribution in [0.2, 0.25) is 0 Å². The molecule has 1 saturated heterocycles. The van der Waals surface area contributed by atoms with E-state index in [0.29, 0.717) is 5.41 Å². The first-order valence-corrected chi connectivity index (χ1v) is 5.10. The molecule has 2 fully saturated rings. The summed E-state index contributed by atoms with van der Waals surface area (Å²) in [5, 5.41) is 3.49. The Kier molecular flexibility index (Phi) is 1.37. The molecule has 1 heteroatoms. The van der Waals surface area contributed by atoms with Crippen molar-refractivity contribution < 1.29 is 0 Å². The molecular weight excluding hydrogens is 158 g/mol. The summed E-state index contributed by atoms with van der Waals surface area (Å²) in [5.74, 6) is 0.925. The Morgan fingerprint density at radius 2 is 2.23 bits per heavy atom. The Labute approximate surface area is 79.2 Å². The number of fused-ring (bicyclic) bond motifs is 1. The van der Waals surface area contributed by atoms with E-state index in [-0.39, 0.29) is 0 Å². The van der Waals surface area contributed by atoms with Gasteiger partial charge in [0.15, 0.2) is 0 Å². The van der Waals surface area contributed by atoms with E-state index in [1.54, 1.807) is 5.56 Å². The standard InChI is InChI=1S/C12H15N/c1-9-4-2-3-5-11(9)12-6-10(12)7-13-8-12/h2-5,10,13H,6-8H2,1H3/t10-,12-/m0/s1. The highest BCUT2D eigenvalue weighted by atomic mass is 15.0. The highest BCUT2D eigenvalue weighted by Gasteiger charge is 2.58. The molecule has 1 nitrogen and oxygen atoms in total. The lowest BCUT2D eigenvalue weighted by Crippen LogP contribution is -2.19. The number of hydrogen-bond acceptors (Lipinski definition) is 1. The summed E-state index contributed by atoms with van der Waals surface area (Å²) in [6.45, 7) is 4.66. The number of rotatable bonds is 1. The van der Waals surface area contributed by atoms with Crippen molar-refractivity contribution in [1.29, 1.82) is 0 Å². The van der Waals surface area contributed by atoms with Gasteiger partial charge in [-0.1, -0.05) is 24.3 Å². The largest absolute Gasteiger partial charge is 0.316 e. The van der Waals surface area contributed by atoms with Gasteiger partial charge in [0.2, 0.25) is 0 Å². The van der Waals surface area contributed by atoms with Gasteiger partial charge >= 0.3 is 0 Å². The Bertz CT molecular complexity index is 345. The highest BCUT2D eigenvalue weighted by molar-refractivity contribution is 5.41. The molecule has 68 valence electrons. The maximum absolute atomic E-state index is 3.49. The Balaban J connectivity index is 2.06. The van der Waals surface area contributed by atoms with E-state index < -0.39 is 0 Å². The first-order chi connectivity index (χ1) is 6.33. The molecule has 1 aromatic carbocycles. The van der Waals surface area contributed by atoms with Gasteiger partial charge < -0.3 is 5.32 Å². The highest BCUT2D eigenvalue weighted by Crippen LogP contribution is 2.56. The molecule has 0 amide bonds. The SMILES string of the molecule is Cc1ccccc1[C@@]12CNC[C@@H]1C2. The third-order valence-electron chi connectivity index (χ3n) is 3.74. The molecular formula is C12H15N. The molecule has 2 aliphatic rings. The average molecular weight is 173 g/mol. The van der Waals surface area contributed by atoms with E-state index in [0.717, 1.165) is 5.92 Å². The molecule has 1 heterocycles. The molecule has 2 atom stereocenters. The fraction of sp³-hybridized carbons (Fsp3) is 0.500. The monoisotopic (exact) mass is 173 g/mol. The van der Waals surface area contributed by atoms with Gasteiger partial charge in [-0.05, 0) is 36.9 Å². The van der Waals surface area contributed by atoms with Crippen LogP contribution in [-0.2, 0) is 5.41 Å². The summed E-state index contributed by atoms with van der Waals surface area (Å²) in [6, 6.07) is 8.85. The minimum atomic E-state index is 0.533. The molecule has 0 aromatic heterocycles. The van der Waals surface area contributed by atoms with Gasteiger partial charge in [-0.25, -0.2) is 0 Å². The molecule has 0 spiro atoms. The second kappa shape index (κ2) is 2.36. The van der Waals surface area contributed by atoms with E-state index in [1.165, 1.54) is 25.1 Å². The van der Waals surface area contributed by atoms with E-state index in [1.807, 2.05) is 0 Å². The molecule has 1 N–H and O–H groups in total. The third-order valence-corrected chi connectivity index (χ3v) is 3.74. The smallest absolute Gasteiger partial charge is 0.0124 e. The van der Waals surface area contributed by atoms with E-state index >= 15 is 0 Å². The van der Waals surface area contributed by atoms with E-state index in [4.69, 9.17) is 0 Å². The third kappa shape index (κ3) is 0.910. The van der Waals surface area contributed by atoms with Crippen molar-refractivity contribution in [2.45, 2.75) is 18.8 Å². The summed E-state index contributed by atoms with van der Waals surface area (Å²) in [6.07, 6.45) is 1.41. The summed E-state index contributed by atoms with van der Waals surface area (Å²) < 4.78 is 0. The van der Waals surface area contributed by atoms with Gasteiger partial charge in [0, 0.05) is 12.0 Å². The first-order valence-electron chi connectivity index (χ1n) is 5.10. The fourth-order valence-electron chi connectivity index (χ4n) is 2.89. The lowest BCUT2D eigenvalue weighted by Gasteiger charge is -2.14. The van der Waals surface area contributed by atoms with Crippen LogP contribution < -0.4 is 5.32 Å². The molecule has 0 radical (unpaired) electrons. The lowest BCUT2D eigenvalue weighted by molar-refractivity contribution is 0.672. The summed E-state index contributed by atoms with van der Waals surface area (Å²) in [4.78, 5) is 0. The van der Waals surface area contributed by atoms with Crippen molar-refractivity contribution in [3.05, 3.63) is 35.4 Å². The predicted molar refractivity (Wildman–Crippen MR) is 53.8 cm³/mol. The second-order valence-corrected chi connectivity index (χ2v) is 4.50. The van der Waals surface area contributed by atoms with E-state index in [2.05, 4.69) is 36.5 Å². The molecule has 1 aromatic rings. The van der Waals surface area contributed by atoms with Crippen molar-refractivity contribution in [1.82, 2.24) is 5.32 Å². The van der Waals surface area contributed by atoms with Crippen LogP contribution in [0.15, 0.2) is 24.3 Å². The van der Waals surface area contributed by atoms with Crippen LogP contribution in [-0.4, -0.2) is 13.1 Å². The molecule has 0 bridgehead atoms. The zero-order valence-corrected chi connectivity index (χ0v) is 8.01. The summed E-state index contributed by atoms with van der Waals surface area (Å²) in [7, 11) is 0. The van der Waals surface area contributed by atoms with Gasteiger partial charge in [-0.15, -0.1) is 0 Å². The number of nitrogens with one attached hydrogen (secondary N) is 1. The van der Waals surface area contributed by atoms with Crippen LogP contribution in [0.25, 0.3) is 0 Å². The van der Waals surface area contributed by atoms with Crippen LogP contribution >= 0.6 is 0 Å². The number of benzene rings is 1. The summed E-state index contributed by atoms with van der Waals surface area (Å²) in [5.41, 5.74) is 3.59. The van der Waals surface area contributed by atoms with Crippen LogP contribution in [0, 0.1) is 12.8 Å². The molecule has 3 rings (SSSR count). The topological polar surface area (TPSA) is 12.0 Å². The molecule has 13 heavy (non-hydrogen) atoms. The van der Waals surface area contributed by atoms with Crippen molar-refractivity contribution in [2.24, 2.45) is 5.92 Å². The van der Waals surface area contributed by atoms with Crippen LogP contribution in [0.1, 0.15) is 17.5 Å². The average Bonchev–Trinajstić information content (AvgIpc) is 2.70. The Morgan fingerprint density at radius 3 is 2.85 bits per heavy atom. The van der Waals surface area contributed by atoms with Crippen molar-refractivity contribution in [3.63, 3.8) is 0 Å². The van der Waals surface area contributed by atoms with Gasteiger partial charge in [0.1, 0.15) is 0 Å². The molecule has 1 aliphatic carbocycles. The predicted octanol–water partition coefficient (Wildman–Crippen LogP) is 1.86. The zero-order chi connectivity index (χ0) is 8.89. The zero-order valence-electron chi connectivity index (χ0n) is 8.01. The minimum absolute atomic E-state index is 0.533. The van der Waals surface area contributed by atoms with E-state index in [9.17, 15) is 0 Å². The molecule has 1 aliphatic heterocycles. The van der Waals surface area contributed by atoms with Crippen molar-refractivity contribution >= 4 is 0 Å². The summed E-state index contributed by atoms with van der Waals surface area (Å²) >= 11 is 0. The normalized spacial score (nSPS) is 35.9. The maximum Gasteiger partial charge on any atom is 0.0124 e. The van der Waals surface area contributed by atoms with Gasteiger partial charge in [-0.3, -0.25) is 0 Å². The Morgan fingerprint density at radius 1 is 1.38 bits per heavy atom. The number of aryl methyl sites for hydroxylation is 1. The fourth-order valence-corrected chi connectivity index (χ4v) is 2.89. The minimum Gasteiger partial charge on any atom is -0.316 e. The number of hydrogen-bond donors (Lipinski definition) is 1. The maximum atomic E-state index is 3.49. The number of piperidine rings is 1. The molecule has 0 unspecified atom stereocenters. The lowest BCUT2D eigenvalue weighted by atomic mass is 9.91. The first kappa shape index (κ1) is 7.57. The quantitative estimate of drug-likeness (QED) is 0.683. The van der Waals surface area contributed by atoms with Crippen molar-refractivity contribution in [3.8, 4) is 0 Å². The van der Waals surface area contributed by atoms with Crippen LogP contribution in [0.4, 0.5) is 0 Å². The second-order valence-electron chi connectivity index (χ2n) is 4.50. The Hall–Kier alpha value is -0.820. The van der Waals surface area contributed by atoms with Gasteiger partial charge in [-0.2, -0.15) is 0 Å². The van der Waals surface area contributed by atoms with Gasteiger partial charge in [0.05, 0.1) is 0 Å². The van der Waals surface area contributed by atoms with Crippen LogP contribution in [0.5, 0.6) is 0 Å². The van der Waals surface area contributed by atoms with Crippen molar-refractivity contribution in [2.75, 3.05) is 13.1 Å². The molecule has 1 saturated carbocycles. The van der Waals surface area contributed by atoms with Crippen LogP contribution in [0.3, 0.4) is 0 Å². The van der Waals surface area contributed by atoms with Gasteiger partial charge in [0.25, 0.3) is 0 Å².